The van der Waals surface area contributed by atoms with Crippen LogP contribution in [0.4, 0.5) is 4.79 Å². The largest absolute Gasteiger partial charge is 0.506 e. The maximum atomic E-state index is 10.6. The van der Waals surface area contributed by atoms with Crippen molar-refractivity contribution in [3.8, 4) is 11.5 Å². The lowest BCUT2D eigenvalue weighted by molar-refractivity contribution is -0.697. The predicted octanol–water partition coefficient (Wildman–Crippen LogP) is 7.11. The van der Waals surface area contributed by atoms with Gasteiger partial charge in [-0.1, -0.05) is 65.0 Å². The SMILES string of the molecule is O=Cc1cc(Cl)cc(Cl)c1O.[B]C(=O)NCCCCCC[n+]1ccc(/C=C/c2cc(Cl)cc(Cl)c2O)cc1. The summed E-state index contributed by atoms with van der Waals surface area (Å²) in [4.78, 5) is 20.8. The Hall–Kier alpha value is -2.71. The summed E-state index contributed by atoms with van der Waals surface area (Å²) < 4.78 is 2.13. The van der Waals surface area contributed by atoms with Crippen LogP contribution in [-0.4, -0.2) is 36.7 Å². The van der Waals surface area contributed by atoms with Crippen LogP contribution in [0, 0.1) is 0 Å². The van der Waals surface area contributed by atoms with Gasteiger partial charge in [0.1, 0.15) is 18.0 Å². The monoisotopic (exact) mass is 593 g/mol. The molecule has 0 fully saturated rings. The van der Waals surface area contributed by atoms with Crippen LogP contribution in [0.3, 0.4) is 0 Å². The number of phenols is 2. The van der Waals surface area contributed by atoms with Crippen LogP contribution in [0.25, 0.3) is 12.2 Å². The smallest absolute Gasteiger partial charge is 0.200 e. The van der Waals surface area contributed by atoms with E-state index in [2.05, 4.69) is 9.88 Å². The lowest BCUT2D eigenvalue weighted by atomic mass is 10.1. The van der Waals surface area contributed by atoms with E-state index < -0.39 is 5.81 Å². The number of carbonyl (C=O) groups excluding carboxylic acids is 2. The molecule has 3 aromatic rings. The van der Waals surface area contributed by atoms with Gasteiger partial charge in [0.15, 0.2) is 32.3 Å². The highest BCUT2D eigenvalue weighted by molar-refractivity contribution is 6.57. The van der Waals surface area contributed by atoms with Gasteiger partial charge in [0.25, 0.3) is 0 Å². The van der Waals surface area contributed by atoms with E-state index in [-0.39, 0.29) is 27.1 Å². The molecule has 1 aromatic heterocycles. The molecule has 0 spiro atoms. The number of nitrogens with one attached hydrogen (secondary N) is 1. The highest BCUT2D eigenvalue weighted by atomic mass is 35.5. The molecule has 2 radical (unpaired) electrons. The van der Waals surface area contributed by atoms with Crippen molar-refractivity contribution in [2.75, 3.05) is 6.54 Å². The molecular formula is C27H26BCl4N2O4+. The molecule has 11 heteroatoms. The molecule has 3 N–H and O–H groups in total. The first kappa shape index (κ1) is 31.5. The predicted molar refractivity (Wildman–Crippen MR) is 155 cm³/mol. The number of aromatic nitrogens is 1. The fraction of sp³-hybridized carbons (Fsp3) is 0.222. The number of benzene rings is 2. The van der Waals surface area contributed by atoms with E-state index in [0.29, 0.717) is 28.4 Å². The molecule has 0 atom stereocenters. The quantitative estimate of drug-likeness (QED) is 0.101. The molecule has 3 rings (SSSR count). The van der Waals surface area contributed by atoms with Gasteiger partial charge < -0.3 is 15.5 Å². The van der Waals surface area contributed by atoms with Crippen molar-refractivity contribution in [3.63, 3.8) is 0 Å². The molecule has 0 aliphatic heterocycles. The number of aryl methyl sites for hydroxylation is 1. The molecule has 1 heterocycles. The topological polar surface area (TPSA) is 90.5 Å². The van der Waals surface area contributed by atoms with E-state index in [0.717, 1.165) is 37.8 Å². The molecule has 0 saturated heterocycles. The highest BCUT2D eigenvalue weighted by Crippen LogP contribution is 2.32. The number of pyridine rings is 1. The second kappa shape index (κ2) is 16.3. The van der Waals surface area contributed by atoms with Crippen molar-refractivity contribution in [1.29, 1.82) is 0 Å². The number of phenolic OH excluding ortho intramolecular Hbond substituents is 2. The van der Waals surface area contributed by atoms with Crippen LogP contribution >= 0.6 is 46.4 Å². The Morgan fingerprint density at radius 2 is 1.39 bits per heavy atom. The Morgan fingerprint density at radius 1 is 0.842 bits per heavy atom. The molecule has 2 aromatic carbocycles. The van der Waals surface area contributed by atoms with Gasteiger partial charge in [0, 0.05) is 40.7 Å². The Morgan fingerprint density at radius 3 is 1.97 bits per heavy atom. The number of hydrogen-bond acceptors (Lipinski definition) is 4. The fourth-order valence-corrected chi connectivity index (χ4v) is 4.31. The first-order chi connectivity index (χ1) is 18.1. The van der Waals surface area contributed by atoms with Gasteiger partial charge in [-0.15, -0.1) is 0 Å². The van der Waals surface area contributed by atoms with Gasteiger partial charge in [-0.3, -0.25) is 9.59 Å². The number of unbranched alkanes of at least 4 members (excludes halogenated alkanes) is 3. The number of hydrogen-bond donors (Lipinski definition) is 3. The van der Waals surface area contributed by atoms with E-state index in [1.165, 1.54) is 18.2 Å². The summed E-state index contributed by atoms with van der Waals surface area (Å²) in [5.41, 5.74) is 1.69. The maximum Gasteiger partial charge on any atom is 0.200 e. The summed E-state index contributed by atoms with van der Waals surface area (Å²) in [5.74, 6) is -0.672. The number of rotatable bonds is 10. The van der Waals surface area contributed by atoms with Crippen molar-refractivity contribution >= 4 is 78.5 Å². The average molecular weight is 595 g/mol. The van der Waals surface area contributed by atoms with Crippen LogP contribution in [0.1, 0.15) is 47.2 Å². The van der Waals surface area contributed by atoms with E-state index in [1.54, 1.807) is 12.1 Å². The number of nitrogens with zero attached hydrogens (tertiary/aromatic N) is 1. The Labute approximate surface area is 243 Å². The molecule has 0 saturated carbocycles. The van der Waals surface area contributed by atoms with Crippen LogP contribution in [0.5, 0.6) is 11.5 Å². The summed E-state index contributed by atoms with van der Waals surface area (Å²) in [6.45, 7) is 1.58. The average Bonchev–Trinajstić information content (AvgIpc) is 2.87. The van der Waals surface area contributed by atoms with Gasteiger partial charge in [-0.25, -0.2) is 4.57 Å². The van der Waals surface area contributed by atoms with E-state index in [9.17, 15) is 14.7 Å². The lowest BCUT2D eigenvalue weighted by Gasteiger charge is -2.03. The van der Waals surface area contributed by atoms with Crippen molar-refractivity contribution in [1.82, 2.24) is 5.32 Å². The molecule has 38 heavy (non-hydrogen) atoms. The third kappa shape index (κ3) is 11.0. The van der Waals surface area contributed by atoms with Crippen LogP contribution in [-0.2, 0) is 6.54 Å². The Balaban J connectivity index is 0.000000384. The summed E-state index contributed by atoms with van der Waals surface area (Å²) in [6.07, 6.45) is 12.4. The van der Waals surface area contributed by atoms with E-state index in [1.807, 2.05) is 30.6 Å². The van der Waals surface area contributed by atoms with Crippen molar-refractivity contribution in [2.24, 2.45) is 0 Å². The number of aldehydes is 1. The van der Waals surface area contributed by atoms with Gasteiger partial charge in [0.05, 0.1) is 15.6 Å². The summed E-state index contributed by atoms with van der Waals surface area (Å²) >= 11 is 22.9. The first-order valence-corrected chi connectivity index (χ1v) is 13.1. The molecule has 0 aliphatic carbocycles. The summed E-state index contributed by atoms with van der Waals surface area (Å²) in [7, 11) is 5.01. The summed E-state index contributed by atoms with van der Waals surface area (Å²) in [6, 6.07) is 9.91. The van der Waals surface area contributed by atoms with Crippen molar-refractivity contribution < 1.29 is 24.4 Å². The van der Waals surface area contributed by atoms with Gasteiger partial charge in [-0.2, -0.15) is 0 Å². The van der Waals surface area contributed by atoms with E-state index in [4.69, 9.17) is 59.4 Å². The third-order valence-corrected chi connectivity index (χ3v) is 6.27. The van der Waals surface area contributed by atoms with Crippen LogP contribution < -0.4 is 9.88 Å². The maximum absolute atomic E-state index is 10.6. The molecule has 1 amide bonds. The minimum Gasteiger partial charge on any atom is -0.506 e. The van der Waals surface area contributed by atoms with Crippen molar-refractivity contribution in [3.05, 3.63) is 85.6 Å². The zero-order valence-electron chi connectivity index (χ0n) is 20.3. The fourth-order valence-electron chi connectivity index (χ4n) is 3.29. The molecule has 0 aliphatic rings. The van der Waals surface area contributed by atoms with Crippen LogP contribution in [0.15, 0.2) is 48.8 Å². The number of amides is 1. The highest BCUT2D eigenvalue weighted by Gasteiger charge is 2.07. The van der Waals surface area contributed by atoms with Crippen molar-refractivity contribution in [2.45, 2.75) is 32.2 Å². The Bertz CT molecular complexity index is 1270. The lowest BCUT2D eigenvalue weighted by Crippen LogP contribution is -2.32. The number of carbonyl (C=O) groups is 2. The number of halogens is 4. The third-order valence-electron chi connectivity index (χ3n) is 5.26. The zero-order chi connectivity index (χ0) is 28.1. The minimum atomic E-state index is -0.464. The van der Waals surface area contributed by atoms with Gasteiger partial charge >= 0.3 is 0 Å². The standard InChI is InChI=1S/C20H21BCl2N2O2.C7H4Cl2O2/c21-20(27)24-9-3-1-2-4-10-25-11-7-15(8-12-25)5-6-16-13-17(22)14-18(23)19(16)26;8-5-1-4(3-10)7(11)6(9)2-5/h5-8,11-14H,1-4,9-10H2,(H,24,27);1-3,11H/p+1. The Kier molecular flexibility index (Phi) is 13.5. The van der Waals surface area contributed by atoms with Gasteiger partial charge in [-0.05, 0) is 42.7 Å². The molecule has 0 bridgehead atoms. The molecule has 0 unspecified atom stereocenters. The zero-order valence-corrected chi connectivity index (χ0v) is 23.4. The summed E-state index contributed by atoms with van der Waals surface area (Å²) in [5, 5.41) is 22.8. The minimum absolute atomic E-state index is 0.0225. The molecular weight excluding hydrogens is 569 g/mol. The second-order valence-electron chi connectivity index (χ2n) is 8.18. The van der Waals surface area contributed by atoms with Gasteiger partial charge in [0.2, 0.25) is 0 Å². The van der Waals surface area contributed by atoms with E-state index >= 15 is 0 Å². The molecule has 198 valence electrons. The van der Waals surface area contributed by atoms with Crippen LogP contribution in [0.2, 0.25) is 20.1 Å². The normalized spacial score (nSPS) is 10.6. The molecule has 6 nitrogen and oxygen atoms in total. The number of aromatic hydroxyl groups is 2. The second-order valence-corrected chi connectivity index (χ2v) is 9.86. The first-order valence-electron chi connectivity index (χ1n) is 11.6.